The quantitative estimate of drug-likeness (QED) is 0.423. The molecule has 0 unspecified atom stereocenters. The third-order valence-electron chi connectivity index (χ3n) is 0.297. The maximum atomic E-state index is 6.51. The molecule has 0 aliphatic rings. The molecular formula is C4H7NS. The fraction of sp³-hybridized carbons (Fsp3) is 0.250. The Kier molecular flexibility index (Phi) is 4.57. The molecule has 0 rings (SSSR count). The molecule has 0 aromatic rings. The van der Waals surface area contributed by atoms with Gasteiger partial charge in [-0.25, -0.2) is 0 Å². The zero-order valence-corrected chi connectivity index (χ0v) is 4.29. The SMILES string of the molecule is C=CSCC=N. The second kappa shape index (κ2) is 4.76. The highest BCUT2D eigenvalue weighted by Crippen LogP contribution is 1.93. The highest BCUT2D eigenvalue weighted by Gasteiger charge is 1.67. The van der Waals surface area contributed by atoms with Gasteiger partial charge in [0.05, 0.1) is 0 Å². The Morgan fingerprint density at radius 1 is 1.83 bits per heavy atom. The molecule has 0 saturated carbocycles. The largest absolute Gasteiger partial charge is 0.312 e. The van der Waals surface area contributed by atoms with Crippen molar-refractivity contribution in [1.82, 2.24) is 0 Å². The first kappa shape index (κ1) is 5.76. The second-order valence-electron chi connectivity index (χ2n) is 0.704. The minimum Gasteiger partial charge on any atom is -0.312 e. The van der Waals surface area contributed by atoms with Crippen LogP contribution in [0.15, 0.2) is 12.0 Å². The van der Waals surface area contributed by atoms with Crippen molar-refractivity contribution < 1.29 is 0 Å². The predicted molar refractivity (Wildman–Crippen MR) is 31.4 cm³/mol. The van der Waals surface area contributed by atoms with E-state index in [1.807, 2.05) is 0 Å². The van der Waals surface area contributed by atoms with E-state index in [0.29, 0.717) is 0 Å². The van der Waals surface area contributed by atoms with Gasteiger partial charge in [0.15, 0.2) is 0 Å². The van der Waals surface area contributed by atoms with Gasteiger partial charge in [0.2, 0.25) is 0 Å². The Morgan fingerprint density at radius 2 is 2.50 bits per heavy atom. The zero-order chi connectivity index (χ0) is 4.83. The molecule has 0 radical (unpaired) electrons. The summed E-state index contributed by atoms with van der Waals surface area (Å²) >= 11 is 1.53. The fourth-order valence-electron chi connectivity index (χ4n) is 0.116. The Hall–Kier alpha value is -0.240. The average Bonchev–Trinajstić information content (AvgIpc) is 1.61. The highest BCUT2D eigenvalue weighted by molar-refractivity contribution is 8.02. The van der Waals surface area contributed by atoms with E-state index < -0.39 is 0 Å². The summed E-state index contributed by atoms with van der Waals surface area (Å²) in [5.74, 6) is 0.753. The average molecular weight is 101 g/mol. The summed E-state index contributed by atoms with van der Waals surface area (Å²) in [7, 11) is 0. The third-order valence-corrected chi connectivity index (χ3v) is 0.892. The Balaban J connectivity index is 2.66. The number of thioether (sulfide) groups is 1. The van der Waals surface area contributed by atoms with E-state index in [1.165, 1.54) is 18.0 Å². The molecule has 0 spiro atoms. The monoisotopic (exact) mass is 101 g/mol. The molecule has 0 aliphatic carbocycles. The fourth-order valence-corrected chi connectivity index (χ4v) is 0.348. The zero-order valence-electron chi connectivity index (χ0n) is 3.48. The van der Waals surface area contributed by atoms with E-state index in [2.05, 4.69) is 6.58 Å². The van der Waals surface area contributed by atoms with E-state index in [1.54, 1.807) is 5.41 Å². The van der Waals surface area contributed by atoms with E-state index in [-0.39, 0.29) is 0 Å². The molecule has 34 valence electrons. The number of nitrogens with one attached hydrogen (secondary N) is 1. The lowest BCUT2D eigenvalue weighted by Gasteiger charge is -1.76. The molecule has 0 atom stereocenters. The van der Waals surface area contributed by atoms with Gasteiger partial charge in [-0.15, -0.1) is 11.8 Å². The highest BCUT2D eigenvalue weighted by atomic mass is 32.2. The van der Waals surface area contributed by atoms with Crippen molar-refractivity contribution >= 4 is 18.0 Å². The predicted octanol–water partition coefficient (Wildman–Crippen LogP) is 1.51. The molecule has 1 nitrogen and oxygen atoms in total. The molecular weight excluding hydrogens is 94.1 g/mol. The Labute approximate surface area is 42.0 Å². The van der Waals surface area contributed by atoms with Crippen LogP contribution in [0.4, 0.5) is 0 Å². The molecule has 0 aromatic carbocycles. The summed E-state index contributed by atoms with van der Waals surface area (Å²) in [6.45, 7) is 3.46. The van der Waals surface area contributed by atoms with Gasteiger partial charge in [0, 0.05) is 12.0 Å². The Morgan fingerprint density at radius 3 is 2.67 bits per heavy atom. The topological polar surface area (TPSA) is 23.9 Å². The van der Waals surface area contributed by atoms with Crippen LogP contribution in [0, 0.1) is 5.41 Å². The molecule has 0 fully saturated rings. The van der Waals surface area contributed by atoms with Gasteiger partial charge in [0.1, 0.15) is 0 Å². The van der Waals surface area contributed by atoms with Crippen LogP contribution in [0.25, 0.3) is 0 Å². The van der Waals surface area contributed by atoms with Gasteiger partial charge in [-0.05, 0) is 5.41 Å². The molecule has 0 bridgehead atoms. The van der Waals surface area contributed by atoms with Crippen LogP contribution in [0.5, 0.6) is 0 Å². The van der Waals surface area contributed by atoms with Crippen molar-refractivity contribution in [3.63, 3.8) is 0 Å². The van der Waals surface area contributed by atoms with Crippen molar-refractivity contribution in [2.24, 2.45) is 0 Å². The van der Waals surface area contributed by atoms with Crippen LogP contribution in [0.3, 0.4) is 0 Å². The van der Waals surface area contributed by atoms with Gasteiger partial charge in [-0.3, -0.25) is 0 Å². The second-order valence-corrected chi connectivity index (χ2v) is 1.70. The van der Waals surface area contributed by atoms with E-state index >= 15 is 0 Å². The number of rotatable bonds is 3. The molecule has 0 amide bonds. The maximum absolute atomic E-state index is 6.51. The molecule has 6 heavy (non-hydrogen) atoms. The van der Waals surface area contributed by atoms with Gasteiger partial charge in [-0.1, -0.05) is 6.58 Å². The summed E-state index contributed by atoms with van der Waals surface area (Å²) in [4.78, 5) is 0. The van der Waals surface area contributed by atoms with Crippen molar-refractivity contribution in [3.05, 3.63) is 12.0 Å². The van der Waals surface area contributed by atoms with Crippen molar-refractivity contribution in [2.45, 2.75) is 0 Å². The summed E-state index contributed by atoms with van der Waals surface area (Å²) < 4.78 is 0. The van der Waals surface area contributed by atoms with E-state index in [0.717, 1.165) is 5.75 Å². The number of hydrogen-bond acceptors (Lipinski definition) is 2. The first-order chi connectivity index (χ1) is 2.91. The van der Waals surface area contributed by atoms with Gasteiger partial charge in [-0.2, -0.15) is 0 Å². The maximum Gasteiger partial charge on any atom is 0.0322 e. The van der Waals surface area contributed by atoms with Crippen LogP contribution < -0.4 is 0 Å². The molecule has 0 aromatic heterocycles. The Bertz CT molecular complexity index is 43.5. The molecule has 0 heterocycles. The lowest BCUT2D eigenvalue weighted by atomic mass is 10.9. The summed E-state index contributed by atoms with van der Waals surface area (Å²) in [5, 5.41) is 8.24. The van der Waals surface area contributed by atoms with Crippen molar-refractivity contribution in [2.75, 3.05) is 5.75 Å². The number of hydrogen-bond donors (Lipinski definition) is 1. The third kappa shape index (κ3) is 3.76. The van der Waals surface area contributed by atoms with Crippen LogP contribution in [0.2, 0.25) is 0 Å². The molecule has 0 aliphatic heterocycles. The first-order valence-electron chi connectivity index (χ1n) is 1.63. The smallest absolute Gasteiger partial charge is 0.0322 e. The van der Waals surface area contributed by atoms with Crippen LogP contribution in [0.1, 0.15) is 0 Å². The minimum atomic E-state index is 0.753. The molecule has 2 heteroatoms. The standard InChI is InChI=1S/C4H7NS/c1-2-6-4-3-5/h2-3,5H,1,4H2. The van der Waals surface area contributed by atoms with E-state index in [4.69, 9.17) is 5.41 Å². The normalized spacial score (nSPS) is 7.33. The van der Waals surface area contributed by atoms with Gasteiger partial charge in [0.25, 0.3) is 0 Å². The van der Waals surface area contributed by atoms with Gasteiger partial charge >= 0.3 is 0 Å². The first-order valence-corrected chi connectivity index (χ1v) is 2.68. The van der Waals surface area contributed by atoms with Crippen LogP contribution >= 0.6 is 11.8 Å². The summed E-state index contributed by atoms with van der Waals surface area (Å²) in [6, 6.07) is 0. The van der Waals surface area contributed by atoms with Gasteiger partial charge < -0.3 is 5.41 Å². The van der Waals surface area contributed by atoms with Crippen LogP contribution in [-0.2, 0) is 0 Å². The van der Waals surface area contributed by atoms with Crippen LogP contribution in [-0.4, -0.2) is 12.0 Å². The molecule has 0 saturated heterocycles. The van der Waals surface area contributed by atoms with Crippen molar-refractivity contribution in [1.29, 1.82) is 5.41 Å². The summed E-state index contributed by atoms with van der Waals surface area (Å²) in [5.41, 5.74) is 0. The lowest BCUT2D eigenvalue weighted by molar-refractivity contribution is 1.55. The molecule has 1 N–H and O–H groups in total. The van der Waals surface area contributed by atoms with E-state index in [9.17, 15) is 0 Å². The lowest BCUT2D eigenvalue weighted by Crippen LogP contribution is -1.68. The minimum absolute atomic E-state index is 0.753. The van der Waals surface area contributed by atoms with Crippen molar-refractivity contribution in [3.8, 4) is 0 Å². The summed E-state index contributed by atoms with van der Waals surface area (Å²) in [6.07, 6.45) is 1.35.